The van der Waals surface area contributed by atoms with E-state index in [0.29, 0.717) is 0 Å². The minimum Gasteiger partial charge on any atom is -0.369 e. The Balaban J connectivity index is 1.51. The number of anilines is 2. The van der Waals surface area contributed by atoms with Crippen LogP contribution in [0.15, 0.2) is 129 Å². The standard InChI is InChI=1S/C25H21N3S2/c26-25(27)28(19-11-15-23(16-12-19)29-21-7-3-1-4-8-21)20-13-17-24(18-14-20)30-22-9-5-2-6-10-22/h1-18H,(H3,26,27). The van der Waals surface area contributed by atoms with Gasteiger partial charge < -0.3 is 5.73 Å². The molecule has 0 aliphatic rings. The maximum atomic E-state index is 8.09. The predicted octanol–water partition coefficient (Wildman–Crippen LogP) is 7.02. The molecule has 0 aliphatic heterocycles. The first-order chi connectivity index (χ1) is 14.7. The lowest BCUT2D eigenvalue weighted by atomic mass is 10.2. The molecule has 0 spiro atoms. The zero-order chi connectivity index (χ0) is 20.8. The van der Waals surface area contributed by atoms with Crippen LogP contribution in [0.2, 0.25) is 0 Å². The zero-order valence-electron chi connectivity index (χ0n) is 16.2. The molecule has 4 rings (SSSR count). The van der Waals surface area contributed by atoms with Gasteiger partial charge in [0.05, 0.1) is 0 Å². The predicted molar refractivity (Wildman–Crippen MR) is 128 cm³/mol. The monoisotopic (exact) mass is 427 g/mol. The van der Waals surface area contributed by atoms with Crippen LogP contribution in [-0.2, 0) is 0 Å². The number of rotatable bonds is 6. The number of nitrogens with zero attached hydrogens (tertiary/aromatic N) is 1. The van der Waals surface area contributed by atoms with Crippen molar-refractivity contribution in [3.05, 3.63) is 109 Å². The van der Waals surface area contributed by atoms with Crippen molar-refractivity contribution in [1.29, 1.82) is 5.41 Å². The molecule has 0 saturated carbocycles. The average molecular weight is 428 g/mol. The Kier molecular flexibility index (Phi) is 6.42. The van der Waals surface area contributed by atoms with Gasteiger partial charge in [0.1, 0.15) is 0 Å². The first-order valence-corrected chi connectivity index (χ1v) is 11.1. The summed E-state index contributed by atoms with van der Waals surface area (Å²) in [4.78, 5) is 6.42. The minimum absolute atomic E-state index is 0.0121. The fourth-order valence-electron chi connectivity index (χ4n) is 3.00. The largest absolute Gasteiger partial charge is 0.369 e. The second kappa shape index (κ2) is 9.57. The Hall–Kier alpha value is -3.15. The molecule has 5 heteroatoms. The molecule has 3 nitrogen and oxygen atoms in total. The van der Waals surface area contributed by atoms with Gasteiger partial charge in [0.25, 0.3) is 0 Å². The van der Waals surface area contributed by atoms with Gasteiger partial charge in [-0.25, -0.2) is 0 Å². The van der Waals surface area contributed by atoms with Crippen LogP contribution in [0.3, 0.4) is 0 Å². The molecule has 148 valence electrons. The molecular formula is C25H21N3S2. The van der Waals surface area contributed by atoms with E-state index in [-0.39, 0.29) is 5.96 Å². The third-order valence-electron chi connectivity index (χ3n) is 4.39. The lowest BCUT2D eigenvalue weighted by Gasteiger charge is -2.23. The summed E-state index contributed by atoms with van der Waals surface area (Å²) in [6, 6.07) is 36.8. The summed E-state index contributed by atoms with van der Waals surface area (Å²) in [5, 5.41) is 8.09. The van der Waals surface area contributed by atoms with Crippen LogP contribution in [0.1, 0.15) is 0 Å². The third kappa shape index (κ3) is 5.06. The normalized spacial score (nSPS) is 10.5. The number of hydrogen-bond donors (Lipinski definition) is 2. The maximum Gasteiger partial charge on any atom is 0.197 e. The highest BCUT2D eigenvalue weighted by Crippen LogP contribution is 2.33. The minimum atomic E-state index is -0.0121. The third-order valence-corrected chi connectivity index (χ3v) is 6.42. The summed E-state index contributed by atoms with van der Waals surface area (Å²) in [6.07, 6.45) is 0. The van der Waals surface area contributed by atoms with Gasteiger partial charge in [-0.3, -0.25) is 10.3 Å². The van der Waals surface area contributed by atoms with Gasteiger partial charge in [0.15, 0.2) is 5.96 Å². The lowest BCUT2D eigenvalue weighted by Crippen LogP contribution is -2.32. The van der Waals surface area contributed by atoms with Crippen LogP contribution in [-0.4, -0.2) is 5.96 Å². The number of nitrogens with two attached hydrogens (primary N) is 1. The van der Waals surface area contributed by atoms with Crippen LogP contribution in [0.4, 0.5) is 11.4 Å². The molecule has 0 unspecified atom stereocenters. The molecule has 0 bridgehead atoms. The van der Waals surface area contributed by atoms with Crippen molar-refractivity contribution in [2.45, 2.75) is 19.6 Å². The van der Waals surface area contributed by atoms with Gasteiger partial charge in [-0.1, -0.05) is 59.9 Å². The molecule has 0 atom stereocenters. The highest BCUT2D eigenvalue weighted by Gasteiger charge is 2.13. The molecule has 4 aromatic rings. The van der Waals surface area contributed by atoms with Gasteiger partial charge in [-0.2, -0.15) is 0 Å². The molecule has 30 heavy (non-hydrogen) atoms. The van der Waals surface area contributed by atoms with Crippen LogP contribution in [0, 0.1) is 5.41 Å². The van der Waals surface area contributed by atoms with Gasteiger partial charge in [-0.15, -0.1) is 0 Å². The van der Waals surface area contributed by atoms with E-state index in [2.05, 4.69) is 48.5 Å². The molecule has 0 amide bonds. The fourth-order valence-corrected chi connectivity index (χ4v) is 4.68. The Labute approximate surface area is 185 Å². The van der Waals surface area contributed by atoms with Crippen LogP contribution < -0.4 is 10.6 Å². The Morgan fingerprint density at radius 3 is 1.20 bits per heavy atom. The highest BCUT2D eigenvalue weighted by atomic mass is 32.2. The van der Waals surface area contributed by atoms with E-state index in [1.54, 1.807) is 28.4 Å². The van der Waals surface area contributed by atoms with E-state index in [1.807, 2.05) is 60.7 Å². The molecule has 0 aliphatic carbocycles. The van der Waals surface area contributed by atoms with Crippen molar-refractivity contribution in [2.24, 2.45) is 5.73 Å². The van der Waals surface area contributed by atoms with Crippen LogP contribution in [0.25, 0.3) is 0 Å². The van der Waals surface area contributed by atoms with E-state index >= 15 is 0 Å². The van der Waals surface area contributed by atoms with Crippen LogP contribution in [0.5, 0.6) is 0 Å². The van der Waals surface area contributed by atoms with Gasteiger partial charge in [0.2, 0.25) is 0 Å². The van der Waals surface area contributed by atoms with Crippen molar-refractivity contribution in [3.8, 4) is 0 Å². The quantitative estimate of drug-likeness (QED) is 0.256. The van der Waals surface area contributed by atoms with Gasteiger partial charge in [-0.05, 0) is 72.8 Å². The van der Waals surface area contributed by atoms with E-state index in [4.69, 9.17) is 11.1 Å². The fraction of sp³-hybridized carbons (Fsp3) is 0. The Morgan fingerprint density at radius 2 is 0.867 bits per heavy atom. The Bertz CT molecular complexity index is 1010. The molecule has 0 fully saturated rings. The molecule has 4 aromatic carbocycles. The SMILES string of the molecule is N=C(N)N(c1ccc(Sc2ccccc2)cc1)c1ccc(Sc2ccccc2)cc1. The number of benzene rings is 4. The second-order valence-electron chi connectivity index (χ2n) is 6.54. The summed E-state index contributed by atoms with van der Waals surface area (Å²) in [5.74, 6) is -0.0121. The van der Waals surface area contributed by atoms with E-state index in [1.165, 1.54) is 9.79 Å². The van der Waals surface area contributed by atoms with Crippen molar-refractivity contribution < 1.29 is 0 Å². The molecule has 0 saturated heterocycles. The average Bonchev–Trinajstić information content (AvgIpc) is 2.78. The summed E-state index contributed by atoms with van der Waals surface area (Å²) in [6.45, 7) is 0. The maximum absolute atomic E-state index is 8.09. The second-order valence-corrected chi connectivity index (χ2v) is 8.83. The summed E-state index contributed by atoms with van der Waals surface area (Å²) in [5.41, 5.74) is 7.65. The number of guanidine groups is 1. The first-order valence-electron chi connectivity index (χ1n) is 9.49. The number of hydrogen-bond acceptors (Lipinski definition) is 3. The zero-order valence-corrected chi connectivity index (χ0v) is 17.9. The lowest BCUT2D eigenvalue weighted by molar-refractivity contribution is 1.24. The van der Waals surface area contributed by atoms with Crippen molar-refractivity contribution in [1.82, 2.24) is 0 Å². The highest BCUT2D eigenvalue weighted by molar-refractivity contribution is 7.99. The summed E-state index contributed by atoms with van der Waals surface area (Å²) in [7, 11) is 0. The van der Waals surface area contributed by atoms with E-state index < -0.39 is 0 Å². The number of nitrogens with one attached hydrogen (secondary N) is 1. The summed E-state index contributed by atoms with van der Waals surface area (Å²) >= 11 is 3.42. The van der Waals surface area contributed by atoms with E-state index in [9.17, 15) is 0 Å². The first kappa shape index (κ1) is 20.1. The molecule has 0 heterocycles. The van der Waals surface area contributed by atoms with E-state index in [0.717, 1.165) is 21.2 Å². The van der Waals surface area contributed by atoms with Crippen molar-refractivity contribution >= 4 is 40.9 Å². The molecule has 3 N–H and O–H groups in total. The molecule has 0 radical (unpaired) electrons. The topological polar surface area (TPSA) is 53.1 Å². The summed E-state index contributed by atoms with van der Waals surface area (Å²) < 4.78 is 0. The Morgan fingerprint density at radius 1 is 0.533 bits per heavy atom. The smallest absolute Gasteiger partial charge is 0.197 e. The van der Waals surface area contributed by atoms with Crippen molar-refractivity contribution in [3.63, 3.8) is 0 Å². The van der Waals surface area contributed by atoms with Crippen molar-refractivity contribution in [2.75, 3.05) is 4.90 Å². The van der Waals surface area contributed by atoms with Crippen LogP contribution >= 0.6 is 23.5 Å². The molecular weight excluding hydrogens is 406 g/mol. The van der Waals surface area contributed by atoms with Gasteiger partial charge >= 0.3 is 0 Å². The van der Waals surface area contributed by atoms with Gasteiger partial charge in [0, 0.05) is 31.0 Å². The molecule has 0 aromatic heterocycles.